The van der Waals surface area contributed by atoms with Gasteiger partial charge >= 0.3 is 11.9 Å². The molecule has 0 amide bonds. The Balaban J connectivity index is 3.47. The zero-order valence-corrected chi connectivity index (χ0v) is 30.3. The second-order valence-corrected chi connectivity index (χ2v) is 13.1. The molecule has 0 radical (unpaired) electrons. The smallest absolute Gasteiger partial charge is 0.305 e. The molecule has 0 saturated heterocycles. The van der Waals surface area contributed by atoms with Gasteiger partial charge < -0.3 is 14.6 Å². The van der Waals surface area contributed by atoms with Gasteiger partial charge in [0.05, 0.1) is 0 Å². The van der Waals surface area contributed by atoms with Crippen LogP contribution < -0.4 is 0 Å². The van der Waals surface area contributed by atoms with Crippen LogP contribution in [0.3, 0.4) is 0 Å². The van der Waals surface area contributed by atoms with Crippen LogP contribution >= 0.6 is 0 Å². The van der Waals surface area contributed by atoms with Crippen LogP contribution in [0.15, 0.2) is 36.5 Å². The maximum Gasteiger partial charge on any atom is 0.305 e. The Morgan fingerprint density at radius 3 is 1.17 bits per heavy atom. The highest BCUT2D eigenvalue weighted by atomic mass is 16.6. The van der Waals surface area contributed by atoms with Gasteiger partial charge in [-0.2, -0.15) is 0 Å². The third-order valence-corrected chi connectivity index (χ3v) is 8.38. The number of carbonyl (C=O) groups excluding carboxylic acids is 2. The fourth-order valence-electron chi connectivity index (χ4n) is 5.39. The summed E-state index contributed by atoms with van der Waals surface area (Å²) in [6.45, 7) is 4.26. The van der Waals surface area contributed by atoms with E-state index in [4.69, 9.17) is 9.47 Å². The van der Waals surface area contributed by atoms with Crippen molar-refractivity contribution in [1.29, 1.82) is 0 Å². The molecule has 0 unspecified atom stereocenters. The highest BCUT2D eigenvalue weighted by molar-refractivity contribution is 5.69. The molecule has 0 aliphatic rings. The van der Waals surface area contributed by atoms with Crippen molar-refractivity contribution >= 4 is 11.9 Å². The van der Waals surface area contributed by atoms with E-state index >= 15 is 0 Å². The van der Waals surface area contributed by atoms with E-state index in [9.17, 15) is 14.7 Å². The van der Waals surface area contributed by atoms with Gasteiger partial charge in [-0.3, -0.25) is 9.59 Å². The van der Waals surface area contributed by atoms with Crippen molar-refractivity contribution in [3.8, 4) is 0 Å². The Morgan fingerprint density at radius 2 is 0.761 bits per heavy atom. The van der Waals surface area contributed by atoms with Crippen LogP contribution in [0.4, 0.5) is 0 Å². The molecule has 5 nitrogen and oxygen atoms in total. The average molecular weight is 647 g/mol. The van der Waals surface area contributed by atoms with Crippen LogP contribution in [-0.4, -0.2) is 36.4 Å². The number of rotatable bonds is 35. The van der Waals surface area contributed by atoms with Crippen molar-refractivity contribution < 1.29 is 24.2 Å². The molecule has 0 aliphatic carbocycles. The Bertz CT molecular complexity index is 741. The Labute approximate surface area is 285 Å². The number of aliphatic hydroxyl groups excluding tert-OH is 1. The van der Waals surface area contributed by atoms with Crippen molar-refractivity contribution in [3.63, 3.8) is 0 Å². The van der Waals surface area contributed by atoms with Gasteiger partial charge in [0.2, 0.25) is 0 Å². The molecule has 46 heavy (non-hydrogen) atoms. The molecular weight excluding hydrogens is 572 g/mol. The van der Waals surface area contributed by atoms with Crippen LogP contribution in [0.25, 0.3) is 0 Å². The molecule has 0 rings (SSSR count). The van der Waals surface area contributed by atoms with Crippen LogP contribution in [0.1, 0.15) is 194 Å². The number of unbranched alkanes of at least 4 members (excludes halogenated alkanes) is 21. The lowest BCUT2D eigenvalue weighted by molar-refractivity contribution is -0.152. The maximum atomic E-state index is 12.0. The summed E-state index contributed by atoms with van der Waals surface area (Å²) in [7, 11) is 0. The van der Waals surface area contributed by atoms with E-state index in [0.29, 0.717) is 12.8 Å². The summed E-state index contributed by atoms with van der Waals surface area (Å²) in [6.07, 6.45) is 44.8. The molecule has 0 aromatic rings. The Hall–Kier alpha value is -1.88. The number of aliphatic hydroxyl groups is 1. The number of hydrogen-bond donors (Lipinski definition) is 1. The van der Waals surface area contributed by atoms with Crippen molar-refractivity contribution in [2.24, 2.45) is 0 Å². The number of allylic oxidation sites excluding steroid dienone is 6. The number of esters is 2. The third kappa shape index (κ3) is 36.6. The van der Waals surface area contributed by atoms with E-state index in [2.05, 4.69) is 50.3 Å². The first kappa shape index (κ1) is 44.1. The van der Waals surface area contributed by atoms with Gasteiger partial charge in [0.1, 0.15) is 19.3 Å². The summed E-state index contributed by atoms with van der Waals surface area (Å²) >= 11 is 0. The van der Waals surface area contributed by atoms with Crippen LogP contribution in [0.2, 0.25) is 0 Å². The number of hydrogen-bond acceptors (Lipinski definition) is 5. The SMILES string of the molecule is CCCCC/C=C\C/C=C\C/C=C\CCCCCCC(=O)OC[C@H](O)COC(=O)CCCCCCCCCCCCCCCCC. The van der Waals surface area contributed by atoms with Crippen molar-refractivity contribution in [2.45, 2.75) is 200 Å². The Morgan fingerprint density at radius 1 is 0.457 bits per heavy atom. The third-order valence-electron chi connectivity index (χ3n) is 8.38. The highest BCUT2D eigenvalue weighted by Gasteiger charge is 2.12. The molecule has 268 valence electrons. The van der Waals surface area contributed by atoms with Gasteiger partial charge in [-0.25, -0.2) is 0 Å². The summed E-state index contributed by atoms with van der Waals surface area (Å²) in [4.78, 5) is 23.9. The predicted octanol–water partition coefficient (Wildman–Crippen LogP) is 12.1. The first-order chi connectivity index (χ1) is 22.6. The fraction of sp³-hybridized carbons (Fsp3) is 0.805. The number of ether oxygens (including phenoxy) is 2. The monoisotopic (exact) mass is 647 g/mol. The second kappa shape index (κ2) is 37.6. The van der Waals surface area contributed by atoms with Gasteiger partial charge in [0.25, 0.3) is 0 Å². The van der Waals surface area contributed by atoms with Crippen molar-refractivity contribution in [2.75, 3.05) is 13.2 Å². The van der Waals surface area contributed by atoms with Gasteiger partial charge in [0, 0.05) is 12.8 Å². The quantitative estimate of drug-likeness (QED) is 0.0421. The summed E-state index contributed by atoms with van der Waals surface area (Å²) in [5.74, 6) is -0.585. The van der Waals surface area contributed by atoms with Gasteiger partial charge in [-0.05, 0) is 51.4 Å². The lowest BCUT2D eigenvalue weighted by Gasteiger charge is -2.12. The summed E-state index contributed by atoms with van der Waals surface area (Å²) in [5.41, 5.74) is 0. The van der Waals surface area contributed by atoms with E-state index in [1.807, 2.05) is 0 Å². The summed E-state index contributed by atoms with van der Waals surface area (Å²) in [5, 5.41) is 10.0. The van der Waals surface area contributed by atoms with E-state index < -0.39 is 6.10 Å². The second-order valence-electron chi connectivity index (χ2n) is 13.1. The van der Waals surface area contributed by atoms with E-state index in [1.54, 1.807) is 0 Å². The molecule has 0 spiro atoms. The molecule has 0 aliphatic heterocycles. The largest absolute Gasteiger partial charge is 0.463 e. The normalized spacial score (nSPS) is 12.5. The summed E-state index contributed by atoms with van der Waals surface area (Å²) in [6, 6.07) is 0. The van der Waals surface area contributed by atoms with Gasteiger partial charge in [-0.1, -0.05) is 166 Å². The lowest BCUT2D eigenvalue weighted by Crippen LogP contribution is -2.25. The molecule has 0 heterocycles. The van der Waals surface area contributed by atoms with Crippen molar-refractivity contribution in [3.05, 3.63) is 36.5 Å². The molecule has 0 bridgehead atoms. The van der Waals surface area contributed by atoms with E-state index in [0.717, 1.165) is 64.2 Å². The first-order valence-electron chi connectivity index (χ1n) is 19.5. The minimum atomic E-state index is -0.970. The molecule has 0 fully saturated rings. The van der Waals surface area contributed by atoms with E-state index in [1.165, 1.54) is 103 Å². The lowest BCUT2D eigenvalue weighted by atomic mass is 10.0. The topological polar surface area (TPSA) is 72.8 Å². The molecular formula is C41H74O5. The van der Waals surface area contributed by atoms with Crippen LogP contribution in [0.5, 0.6) is 0 Å². The standard InChI is InChI=1S/C41H74O5/c1-3-5-7-9-11-13-15-17-19-20-22-24-26-28-30-32-34-36-41(44)46-38-39(42)37-45-40(43)35-33-31-29-27-25-23-21-18-16-14-12-10-8-6-4-2/h11,13,17,19,22,24,39,42H,3-10,12,14-16,18,20-21,23,25-38H2,1-2H3/b13-11-,19-17-,24-22-/t39-/m1/s1. The van der Waals surface area contributed by atoms with Crippen LogP contribution in [-0.2, 0) is 19.1 Å². The number of carbonyl (C=O) groups is 2. The first-order valence-corrected chi connectivity index (χ1v) is 19.5. The molecule has 0 aromatic heterocycles. The minimum absolute atomic E-state index is 0.121. The molecule has 5 heteroatoms. The van der Waals surface area contributed by atoms with Gasteiger partial charge in [-0.15, -0.1) is 0 Å². The minimum Gasteiger partial charge on any atom is -0.463 e. The summed E-state index contributed by atoms with van der Waals surface area (Å²) < 4.78 is 10.3. The fourth-order valence-corrected chi connectivity index (χ4v) is 5.39. The average Bonchev–Trinajstić information content (AvgIpc) is 3.06. The zero-order valence-electron chi connectivity index (χ0n) is 30.3. The highest BCUT2D eigenvalue weighted by Crippen LogP contribution is 2.14. The predicted molar refractivity (Wildman–Crippen MR) is 196 cm³/mol. The van der Waals surface area contributed by atoms with Gasteiger partial charge in [0.15, 0.2) is 0 Å². The molecule has 1 N–H and O–H groups in total. The zero-order chi connectivity index (χ0) is 33.6. The van der Waals surface area contributed by atoms with Crippen molar-refractivity contribution in [1.82, 2.24) is 0 Å². The maximum absolute atomic E-state index is 12.0. The molecule has 0 saturated carbocycles. The molecule has 0 aromatic carbocycles. The van der Waals surface area contributed by atoms with Crippen LogP contribution in [0, 0.1) is 0 Å². The van der Waals surface area contributed by atoms with E-state index in [-0.39, 0.29) is 25.2 Å². The molecule has 1 atom stereocenters. The Kier molecular flexibility index (Phi) is 36.0.